The van der Waals surface area contributed by atoms with Crippen molar-refractivity contribution >= 4 is 39.0 Å². The quantitative estimate of drug-likeness (QED) is 0.693. The van der Waals surface area contributed by atoms with E-state index in [-0.39, 0.29) is 5.91 Å². The van der Waals surface area contributed by atoms with Crippen molar-refractivity contribution in [1.29, 1.82) is 0 Å². The predicted molar refractivity (Wildman–Crippen MR) is 96.1 cm³/mol. The van der Waals surface area contributed by atoms with Crippen molar-refractivity contribution in [2.24, 2.45) is 0 Å². The summed E-state index contributed by atoms with van der Waals surface area (Å²) in [5, 5.41) is 6.02. The van der Waals surface area contributed by atoms with Gasteiger partial charge in [0.1, 0.15) is 5.82 Å². The van der Waals surface area contributed by atoms with Gasteiger partial charge in [-0.05, 0) is 42.5 Å². The topological polar surface area (TPSA) is 54.0 Å². The van der Waals surface area contributed by atoms with E-state index in [4.69, 9.17) is 0 Å². The van der Waals surface area contributed by atoms with Gasteiger partial charge < -0.3 is 10.6 Å². The van der Waals surface area contributed by atoms with Gasteiger partial charge in [0, 0.05) is 15.7 Å². The highest BCUT2D eigenvalue weighted by Gasteiger charge is 2.05. The highest BCUT2D eigenvalue weighted by Crippen LogP contribution is 2.20. The SMILES string of the molecule is O=C(Nc1ccc(Nc2cccc(Br)c2)cn1)c1ccccc1. The van der Waals surface area contributed by atoms with Gasteiger partial charge in [-0.2, -0.15) is 0 Å². The van der Waals surface area contributed by atoms with Crippen LogP contribution in [-0.2, 0) is 0 Å². The number of anilines is 3. The van der Waals surface area contributed by atoms with Crippen LogP contribution in [0.5, 0.6) is 0 Å². The molecule has 2 aromatic carbocycles. The summed E-state index contributed by atoms with van der Waals surface area (Å²) >= 11 is 3.43. The Morgan fingerprint density at radius 2 is 1.74 bits per heavy atom. The van der Waals surface area contributed by atoms with Gasteiger partial charge in [0.2, 0.25) is 0 Å². The standard InChI is InChI=1S/C18H14BrN3O/c19-14-7-4-8-15(11-14)21-16-9-10-17(20-12-16)22-18(23)13-5-2-1-3-6-13/h1-12,21H,(H,20,22,23). The van der Waals surface area contributed by atoms with Crippen LogP contribution < -0.4 is 10.6 Å². The van der Waals surface area contributed by atoms with Gasteiger partial charge in [0.25, 0.3) is 5.91 Å². The van der Waals surface area contributed by atoms with Crippen LogP contribution in [0.3, 0.4) is 0 Å². The van der Waals surface area contributed by atoms with E-state index in [2.05, 4.69) is 31.5 Å². The predicted octanol–water partition coefficient (Wildman–Crippen LogP) is 4.84. The van der Waals surface area contributed by atoms with Gasteiger partial charge in [0.05, 0.1) is 11.9 Å². The molecule has 5 heteroatoms. The summed E-state index contributed by atoms with van der Waals surface area (Å²) in [5.74, 6) is 0.337. The minimum absolute atomic E-state index is 0.175. The largest absolute Gasteiger partial charge is 0.354 e. The molecule has 0 radical (unpaired) electrons. The molecule has 1 heterocycles. The summed E-state index contributed by atoms with van der Waals surface area (Å²) in [6.45, 7) is 0. The maximum atomic E-state index is 12.1. The maximum Gasteiger partial charge on any atom is 0.256 e. The number of benzene rings is 2. The molecule has 0 saturated carbocycles. The maximum absolute atomic E-state index is 12.1. The van der Waals surface area contributed by atoms with Crippen LogP contribution in [-0.4, -0.2) is 10.9 Å². The van der Waals surface area contributed by atoms with Gasteiger partial charge in [-0.3, -0.25) is 4.79 Å². The fourth-order valence-electron chi connectivity index (χ4n) is 2.05. The molecule has 0 atom stereocenters. The summed E-state index contributed by atoms with van der Waals surface area (Å²) in [6.07, 6.45) is 1.68. The first kappa shape index (κ1) is 15.2. The van der Waals surface area contributed by atoms with E-state index < -0.39 is 0 Å². The molecule has 0 aliphatic carbocycles. The number of carbonyl (C=O) groups excluding carboxylic acids is 1. The summed E-state index contributed by atoms with van der Waals surface area (Å²) < 4.78 is 1.00. The highest BCUT2D eigenvalue weighted by atomic mass is 79.9. The zero-order chi connectivity index (χ0) is 16.1. The Morgan fingerprint density at radius 1 is 0.913 bits per heavy atom. The summed E-state index contributed by atoms with van der Waals surface area (Å²) in [6, 6.07) is 20.5. The Morgan fingerprint density at radius 3 is 2.43 bits per heavy atom. The lowest BCUT2D eigenvalue weighted by atomic mass is 10.2. The molecule has 3 rings (SSSR count). The number of hydrogen-bond acceptors (Lipinski definition) is 3. The van der Waals surface area contributed by atoms with Crippen LogP contribution in [0.4, 0.5) is 17.2 Å². The van der Waals surface area contributed by atoms with E-state index in [1.807, 2.05) is 48.5 Å². The van der Waals surface area contributed by atoms with Gasteiger partial charge in [-0.25, -0.2) is 4.98 Å². The van der Waals surface area contributed by atoms with Gasteiger partial charge >= 0.3 is 0 Å². The Labute approximate surface area is 142 Å². The fraction of sp³-hybridized carbons (Fsp3) is 0. The molecule has 0 aliphatic rings. The number of pyridine rings is 1. The Balaban J connectivity index is 1.66. The van der Waals surface area contributed by atoms with Crippen LogP contribution in [0.15, 0.2) is 77.4 Å². The molecule has 0 saturated heterocycles. The van der Waals surface area contributed by atoms with Crippen LogP contribution >= 0.6 is 15.9 Å². The lowest BCUT2D eigenvalue weighted by Gasteiger charge is -2.08. The van der Waals surface area contributed by atoms with E-state index in [0.29, 0.717) is 11.4 Å². The van der Waals surface area contributed by atoms with Crippen molar-refractivity contribution in [3.8, 4) is 0 Å². The van der Waals surface area contributed by atoms with Crippen LogP contribution in [0, 0.1) is 0 Å². The monoisotopic (exact) mass is 367 g/mol. The number of aromatic nitrogens is 1. The molecule has 23 heavy (non-hydrogen) atoms. The first-order valence-corrected chi connectivity index (χ1v) is 7.85. The number of nitrogens with one attached hydrogen (secondary N) is 2. The number of nitrogens with zero attached hydrogens (tertiary/aromatic N) is 1. The van der Waals surface area contributed by atoms with Crippen molar-refractivity contribution in [1.82, 2.24) is 4.98 Å². The molecule has 0 bridgehead atoms. The van der Waals surface area contributed by atoms with Crippen molar-refractivity contribution in [2.45, 2.75) is 0 Å². The second-order valence-corrected chi connectivity index (χ2v) is 5.80. The van der Waals surface area contributed by atoms with E-state index in [0.717, 1.165) is 15.8 Å². The fourth-order valence-corrected chi connectivity index (χ4v) is 2.45. The third-order valence-corrected chi connectivity index (χ3v) is 3.65. The molecule has 4 nitrogen and oxygen atoms in total. The lowest BCUT2D eigenvalue weighted by molar-refractivity contribution is 0.102. The van der Waals surface area contributed by atoms with Crippen LogP contribution in [0.1, 0.15) is 10.4 Å². The minimum Gasteiger partial charge on any atom is -0.354 e. The number of rotatable bonds is 4. The zero-order valence-corrected chi connectivity index (χ0v) is 13.7. The van der Waals surface area contributed by atoms with Crippen LogP contribution in [0.25, 0.3) is 0 Å². The first-order chi connectivity index (χ1) is 11.2. The van der Waals surface area contributed by atoms with Crippen LogP contribution in [0.2, 0.25) is 0 Å². The Kier molecular flexibility index (Phi) is 4.68. The highest BCUT2D eigenvalue weighted by molar-refractivity contribution is 9.10. The smallest absolute Gasteiger partial charge is 0.256 e. The molecule has 1 aromatic heterocycles. The van der Waals surface area contributed by atoms with E-state index in [1.54, 1.807) is 24.4 Å². The normalized spacial score (nSPS) is 10.1. The first-order valence-electron chi connectivity index (χ1n) is 7.06. The summed E-state index contributed by atoms with van der Waals surface area (Å²) in [5.41, 5.74) is 2.41. The number of carbonyl (C=O) groups is 1. The molecule has 3 aromatic rings. The van der Waals surface area contributed by atoms with E-state index in [9.17, 15) is 4.79 Å². The third kappa shape index (κ3) is 4.17. The van der Waals surface area contributed by atoms with Crippen molar-refractivity contribution in [2.75, 3.05) is 10.6 Å². The average molecular weight is 368 g/mol. The summed E-state index contributed by atoms with van der Waals surface area (Å²) in [4.78, 5) is 16.3. The van der Waals surface area contributed by atoms with Crippen molar-refractivity contribution < 1.29 is 4.79 Å². The number of halogens is 1. The lowest BCUT2D eigenvalue weighted by Crippen LogP contribution is -2.12. The Hall–Kier alpha value is -2.66. The minimum atomic E-state index is -0.175. The Bertz CT molecular complexity index is 804. The zero-order valence-electron chi connectivity index (χ0n) is 12.2. The number of amides is 1. The molecule has 0 spiro atoms. The second-order valence-electron chi connectivity index (χ2n) is 4.89. The molecule has 0 unspecified atom stereocenters. The number of hydrogen-bond donors (Lipinski definition) is 2. The van der Waals surface area contributed by atoms with Gasteiger partial charge in [-0.15, -0.1) is 0 Å². The molecule has 114 valence electrons. The van der Waals surface area contributed by atoms with Crippen molar-refractivity contribution in [3.05, 3.63) is 83.0 Å². The molecule has 1 amide bonds. The van der Waals surface area contributed by atoms with Crippen molar-refractivity contribution in [3.63, 3.8) is 0 Å². The molecule has 2 N–H and O–H groups in total. The van der Waals surface area contributed by atoms with E-state index >= 15 is 0 Å². The van der Waals surface area contributed by atoms with Gasteiger partial charge in [0.15, 0.2) is 0 Å². The third-order valence-electron chi connectivity index (χ3n) is 3.15. The molecular formula is C18H14BrN3O. The molecular weight excluding hydrogens is 354 g/mol. The molecule has 0 fully saturated rings. The summed E-state index contributed by atoms with van der Waals surface area (Å²) in [7, 11) is 0. The van der Waals surface area contributed by atoms with E-state index in [1.165, 1.54) is 0 Å². The van der Waals surface area contributed by atoms with Gasteiger partial charge in [-0.1, -0.05) is 40.2 Å². The average Bonchev–Trinajstić information content (AvgIpc) is 2.57. The second kappa shape index (κ2) is 7.07. The molecule has 0 aliphatic heterocycles.